The molecule has 1 heterocycles. The number of rotatable bonds is 4. The fourth-order valence-electron chi connectivity index (χ4n) is 1.50. The van der Waals surface area contributed by atoms with Crippen molar-refractivity contribution in [2.24, 2.45) is 0 Å². The fourth-order valence-corrected chi connectivity index (χ4v) is 2.31. The van der Waals surface area contributed by atoms with E-state index in [0.717, 1.165) is 16.3 Å². The molecule has 0 unspecified atom stereocenters. The van der Waals surface area contributed by atoms with Crippen LogP contribution in [0.4, 0.5) is 4.39 Å². The van der Waals surface area contributed by atoms with Crippen LogP contribution in [0.15, 0.2) is 23.6 Å². The lowest BCUT2D eigenvalue weighted by Gasteiger charge is -2.05. The number of nitrogens with zero attached hydrogens (tertiary/aromatic N) is 1. The zero-order valence-corrected chi connectivity index (χ0v) is 10.9. The van der Waals surface area contributed by atoms with Gasteiger partial charge in [0.15, 0.2) is 0 Å². The van der Waals surface area contributed by atoms with Gasteiger partial charge in [0.25, 0.3) is 0 Å². The molecule has 0 aliphatic carbocycles. The molecule has 0 radical (unpaired) electrons. The Morgan fingerprint density at radius 2 is 2.24 bits per heavy atom. The molecule has 0 spiro atoms. The van der Waals surface area contributed by atoms with Crippen molar-refractivity contribution in [3.63, 3.8) is 0 Å². The highest BCUT2D eigenvalue weighted by molar-refractivity contribution is 7.09. The van der Waals surface area contributed by atoms with Gasteiger partial charge in [-0.15, -0.1) is 11.3 Å². The number of halogens is 2. The maximum absolute atomic E-state index is 13.2. The molecule has 2 aromatic rings. The smallest absolute Gasteiger partial charge is 0.142 e. The van der Waals surface area contributed by atoms with Gasteiger partial charge in [0, 0.05) is 18.5 Å². The zero-order valence-electron chi connectivity index (χ0n) is 9.34. The Bertz CT molecular complexity index is 513. The van der Waals surface area contributed by atoms with E-state index in [1.807, 2.05) is 18.4 Å². The van der Waals surface area contributed by atoms with Crippen molar-refractivity contribution in [3.05, 3.63) is 50.7 Å². The van der Waals surface area contributed by atoms with Crippen molar-refractivity contribution in [2.45, 2.75) is 20.0 Å². The van der Waals surface area contributed by atoms with Crippen molar-refractivity contribution < 1.29 is 4.39 Å². The molecule has 0 fully saturated rings. The first-order valence-electron chi connectivity index (χ1n) is 5.21. The first-order chi connectivity index (χ1) is 8.16. The molecular weight excluding hydrogens is 259 g/mol. The highest BCUT2D eigenvalue weighted by atomic mass is 35.5. The summed E-state index contributed by atoms with van der Waals surface area (Å²) in [5.74, 6) is -0.379. The molecule has 90 valence electrons. The van der Waals surface area contributed by atoms with Gasteiger partial charge in [-0.25, -0.2) is 9.37 Å². The van der Waals surface area contributed by atoms with E-state index in [9.17, 15) is 4.39 Å². The minimum Gasteiger partial charge on any atom is -0.307 e. The molecule has 2 rings (SSSR count). The number of thiazole rings is 1. The average Bonchev–Trinajstić information content (AvgIpc) is 2.70. The zero-order chi connectivity index (χ0) is 12.3. The predicted octanol–water partition coefficient (Wildman–Crippen LogP) is 3.53. The number of aryl methyl sites for hydroxylation is 1. The molecular formula is C12H12ClFN2S. The van der Waals surface area contributed by atoms with E-state index in [4.69, 9.17) is 11.6 Å². The maximum Gasteiger partial charge on any atom is 0.142 e. The Labute approximate surface area is 108 Å². The third-order valence-corrected chi connectivity index (χ3v) is 3.57. The molecule has 5 heteroatoms. The fraction of sp³-hybridized carbons (Fsp3) is 0.250. The van der Waals surface area contributed by atoms with Crippen LogP contribution in [0.5, 0.6) is 0 Å². The van der Waals surface area contributed by atoms with Gasteiger partial charge in [-0.05, 0) is 18.6 Å². The van der Waals surface area contributed by atoms with E-state index in [1.54, 1.807) is 17.4 Å². The number of benzene rings is 1. The highest BCUT2D eigenvalue weighted by Crippen LogP contribution is 2.19. The third-order valence-electron chi connectivity index (χ3n) is 2.32. The van der Waals surface area contributed by atoms with Gasteiger partial charge >= 0.3 is 0 Å². The van der Waals surface area contributed by atoms with Crippen molar-refractivity contribution in [3.8, 4) is 0 Å². The maximum atomic E-state index is 13.2. The number of nitrogens with one attached hydrogen (secondary N) is 1. The highest BCUT2D eigenvalue weighted by Gasteiger charge is 2.05. The van der Waals surface area contributed by atoms with E-state index < -0.39 is 0 Å². The molecule has 0 aliphatic heterocycles. The predicted molar refractivity (Wildman–Crippen MR) is 68.8 cm³/mol. The lowest BCUT2D eigenvalue weighted by Crippen LogP contribution is -2.13. The van der Waals surface area contributed by atoms with Crippen molar-refractivity contribution in [2.75, 3.05) is 0 Å². The second-order valence-electron chi connectivity index (χ2n) is 3.67. The van der Waals surface area contributed by atoms with Crippen LogP contribution in [0.3, 0.4) is 0 Å². The second kappa shape index (κ2) is 5.58. The third kappa shape index (κ3) is 3.25. The number of aromatic nitrogens is 1. The van der Waals surface area contributed by atoms with Gasteiger partial charge in [0.1, 0.15) is 5.82 Å². The number of hydrogen-bond donors (Lipinski definition) is 1. The van der Waals surface area contributed by atoms with Gasteiger partial charge < -0.3 is 5.32 Å². The summed E-state index contributed by atoms with van der Waals surface area (Å²) in [7, 11) is 0. The van der Waals surface area contributed by atoms with E-state index in [1.165, 1.54) is 6.07 Å². The molecule has 0 saturated heterocycles. The van der Waals surface area contributed by atoms with E-state index >= 15 is 0 Å². The van der Waals surface area contributed by atoms with Crippen LogP contribution in [0.25, 0.3) is 0 Å². The Hall–Kier alpha value is -0.970. The van der Waals surface area contributed by atoms with Crippen LogP contribution in [0.1, 0.15) is 16.3 Å². The Kier molecular flexibility index (Phi) is 4.10. The van der Waals surface area contributed by atoms with Crippen LogP contribution in [-0.4, -0.2) is 4.98 Å². The quantitative estimate of drug-likeness (QED) is 0.919. The summed E-state index contributed by atoms with van der Waals surface area (Å²) >= 11 is 7.47. The van der Waals surface area contributed by atoms with Crippen LogP contribution < -0.4 is 5.32 Å². The Morgan fingerprint density at radius 3 is 2.94 bits per heavy atom. The van der Waals surface area contributed by atoms with Crippen LogP contribution in [-0.2, 0) is 13.1 Å². The summed E-state index contributed by atoms with van der Waals surface area (Å²) in [4.78, 5) is 4.33. The van der Waals surface area contributed by atoms with Gasteiger partial charge in [-0.1, -0.05) is 23.7 Å². The van der Waals surface area contributed by atoms with Crippen molar-refractivity contribution >= 4 is 22.9 Å². The normalized spacial score (nSPS) is 10.8. The minimum atomic E-state index is -0.379. The van der Waals surface area contributed by atoms with Gasteiger partial charge in [-0.3, -0.25) is 0 Å². The summed E-state index contributed by atoms with van der Waals surface area (Å²) in [6, 6.07) is 4.82. The molecule has 17 heavy (non-hydrogen) atoms. The molecule has 1 aromatic carbocycles. The minimum absolute atomic E-state index is 0.189. The lowest BCUT2D eigenvalue weighted by atomic mass is 10.2. The molecule has 0 amide bonds. The summed E-state index contributed by atoms with van der Waals surface area (Å²) in [6.07, 6.45) is 0. The van der Waals surface area contributed by atoms with Gasteiger partial charge in [-0.2, -0.15) is 0 Å². The first-order valence-corrected chi connectivity index (χ1v) is 6.47. The monoisotopic (exact) mass is 270 g/mol. The summed E-state index contributed by atoms with van der Waals surface area (Å²) in [5.41, 5.74) is 1.76. The molecule has 2 nitrogen and oxygen atoms in total. The molecule has 0 saturated carbocycles. The van der Waals surface area contributed by atoms with Gasteiger partial charge in [0.2, 0.25) is 0 Å². The summed E-state index contributed by atoms with van der Waals surface area (Å²) < 4.78 is 13.2. The average molecular weight is 271 g/mol. The molecule has 0 aliphatic rings. The molecule has 0 atom stereocenters. The second-order valence-corrected chi connectivity index (χ2v) is 5.11. The van der Waals surface area contributed by atoms with Crippen LogP contribution in [0, 0.1) is 12.7 Å². The molecule has 0 bridgehead atoms. The largest absolute Gasteiger partial charge is 0.307 e. The lowest BCUT2D eigenvalue weighted by molar-refractivity contribution is 0.620. The Balaban J connectivity index is 1.92. The van der Waals surface area contributed by atoms with E-state index in [-0.39, 0.29) is 10.8 Å². The number of hydrogen-bond acceptors (Lipinski definition) is 3. The van der Waals surface area contributed by atoms with Crippen molar-refractivity contribution in [1.82, 2.24) is 10.3 Å². The first kappa shape index (κ1) is 12.5. The molecule has 1 aromatic heterocycles. The Morgan fingerprint density at radius 1 is 1.41 bits per heavy atom. The summed E-state index contributed by atoms with van der Waals surface area (Å²) in [6.45, 7) is 3.17. The molecule has 1 N–H and O–H groups in total. The van der Waals surface area contributed by atoms with Crippen molar-refractivity contribution in [1.29, 1.82) is 0 Å². The summed E-state index contributed by atoms with van der Waals surface area (Å²) in [5, 5.41) is 6.44. The van der Waals surface area contributed by atoms with E-state index in [0.29, 0.717) is 13.1 Å². The SMILES string of the molecule is Cc1nc(CNCc2cccc(F)c2Cl)cs1. The van der Waals surface area contributed by atoms with Crippen LogP contribution >= 0.6 is 22.9 Å². The van der Waals surface area contributed by atoms with Crippen LogP contribution in [0.2, 0.25) is 5.02 Å². The topological polar surface area (TPSA) is 24.9 Å². The van der Waals surface area contributed by atoms with Gasteiger partial charge in [0.05, 0.1) is 15.7 Å². The standard InChI is InChI=1S/C12H12ClFN2S/c1-8-16-10(7-17-8)6-15-5-9-3-2-4-11(14)12(9)13/h2-4,7,15H,5-6H2,1H3. The van der Waals surface area contributed by atoms with E-state index in [2.05, 4.69) is 10.3 Å².